The zero-order chi connectivity index (χ0) is 20.3. The van der Waals surface area contributed by atoms with Gasteiger partial charge in [-0.3, -0.25) is 9.59 Å². The predicted molar refractivity (Wildman–Crippen MR) is 109 cm³/mol. The van der Waals surface area contributed by atoms with Crippen LogP contribution in [0.25, 0.3) is 0 Å². The lowest BCUT2D eigenvalue weighted by atomic mass is 10.1. The van der Waals surface area contributed by atoms with E-state index in [1.807, 2.05) is 11.4 Å². The molecule has 3 rings (SSSR count). The zero-order valence-corrected chi connectivity index (χ0v) is 17.7. The summed E-state index contributed by atoms with van der Waals surface area (Å²) in [4.78, 5) is 37.1. The van der Waals surface area contributed by atoms with Crippen molar-refractivity contribution in [2.24, 2.45) is 0 Å². The largest absolute Gasteiger partial charge is 0.478 e. The highest BCUT2D eigenvalue weighted by Gasteiger charge is 2.30. The number of hydrogen-bond acceptors (Lipinski definition) is 6. The number of para-hydroxylation sites is 1. The molecule has 0 saturated heterocycles. The van der Waals surface area contributed by atoms with Crippen LogP contribution < -0.4 is 15.4 Å². The maximum atomic E-state index is 12.9. The van der Waals surface area contributed by atoms with Gasteiger partial charge in [0, 0.05) is 6.42 Å². The van der Waals surface area contributed by atoms with Crippen molar-refractivity contribution >= 4 is 50.7 Å². The summed E-state index contributed by atoms with van der Waals surface area (Å²) in [5, 5.41) is 7.35. The number of anilines is 1. The molecular weight excluding hydrogens is 448 g/mol. The summed E-state index contributed by atoms with van der Waals surface area (Å²) in [5.41, 5.74) is 1.57. The number of fused-ring (bicyclic) bond motifs is 1. The quantitative estimate of drug-likeness (QED) is 0.637. The van der Waals surface area contributed by atoms with E-state index in [1.165, 1.54) is 11.3 Å². The van der Waals surface area contributed by atoms with Crippen LogP contribution in [-0.2, 0) is 20.7 Å². The fraction of sp³-hybridized carbons (Fsp3) is 0.316. The van der Waals surface area contributed by atoms with Crippen molar-refractivity contribution in [1.82, 2.24) is 5.32 Å². The van der Waals surface area contributed by atoms with Crippen molar-refractivity contribution in [1.29, 1.82) is 0 Å². The first-order valence-electron chi connectivity index (χ1n) is 8.70. The van der Waals surface area contributed by atoms with Crippen LogP contribution in [0.1, 0.15) is 29.8 Å². The Morgan fingerprint density at radius 2 is 2.21 bits per heavy atom. The molecule has 0 spiro atoms. The molecule has 148 valence electrons. The third-order valence-corrected chi connectivity index (χ3v) is 5.67. The number of ether oxygens (including phenoxy) is 2. The molecular formula is C19H19BrN2O5S. The zero-order valence-electron chi connectivity index (χ0n) is 15.3. The highest BCUT2D eigenvalue weighted by molar-refractivity contribution is 9.11. The number of carbonyl (C=O) groups excluding carboxylic acids is 3. The number of rotatable bonds is 6. The smallest absolute Gasteiger partial charge is 0.328 e. The van der Waals surface area contributed by atoms with Gasteiger partial charge in [-0.2, -0.15) is 0 Å². The Balaban J connectivity index is 1.83. The van der Waals surface area contributed by atoms with Crippen LogP contribution in [0.3, 0.4) is 0 Å². The van der Waals surface area contributed by atoms with Gasteiger partial charge in [-0.05, 0) is 58.9 Å². The SMILES string of the molecule is CCOC(=O)C(Cc1csc(Br)c1)NC(=O)c1cccc2c1OC(C)C(=O)N2. The summed E-state index contributed by atoms with van der Waals surface area (Å²) in [6.07, 6.45) is -0.416. The Labute approximate surface area is 174 Å². The number of thiophene rings is 1. The van der Waals surface area contributed by atoms with Gasteiger partial charge in [0.25, 0.3) is 11.8 Å². The number of carbonyl (C=O) groups is 3. The molecule has 9 heteroatoms. The average molecular weight is 467 g/mol. The van der Waals surface area contributed by atoms with Crippen LogP contribution in [-0.4, -0.2) is 36.5 Å². The van der Waals surface area contributed by atoms with Gasteiger partial charge in [0.15, 0.2) is 11.9 Å². The minimum absolute atomic E-state index is 0.214. The van der Waals surface area contributed by atoms with Gasteiger partial charge in [0.05, 0.1) is 21.6 Å². The molecule has 0 radical (unpaired) electrons. The Kier molecular flexibility index (Phi) is 6.35. The van der Waals surface area contributed by atoms with Crippen molar-refractivity contribution in [2.45, 2.75) is 32.4 Å². The second kappa shape index (κ2) is 8.74. The molecule has 1 aliphatic rings. The van der Waals surface area contributed by atoms with Gasteiger partial charge < -0.3 is 20.1 Å². The minimum Gasteiger partial charge on any atom is -0.478 e. The van der Waals surface area contributed by atoms with Crippen LogP contribution in [0.5, 0.6) is 5.75 Å². The van der Waals surface area contributed by atoms with Crippen molar-refractivity contribution in [3.05, 3.63) is 44.6 Å². The maximum absolute atomic E-state index is 12.9. The molecule has 7 nitrogen and oxygen atoms in total. The summed E-state index contributed by atoms with van der Waals surface area (Å²) in [5.74, 6) is -0.983. The second-order valence-electron chi connectivity index (χ2n) is 6.17. The Morgan fingerprint density at radius 3 is 2.89 bits per heavy atom. The van der Waals surface area contributed by atoms with Crippen LogP contribution in [0.2, 0.25) is 0 Å². The van der Waals surface area contributed by atoms with E-state index in [4.69, 9.17) is 9.47 Å². The molecule has 28 heavy (non-hydrogen) atoms. The highest BCUT2D eigenvalue weighted by atomic mass is 79.9. The van der Waals surface area contributed by atoms with E-state index in [2.05, 4.69) is 26.6 Å². The second-order valence-corrected chi connectivity index (χ2v) is 8.46. The first kappa shape index (κ1) is 20.3. The first-order valence-corrected chi connectivity index (χ1v) is 10.4. The Bertz CT molecular complexity index is 913. The van der Waals surface area contributed by atoms with Crippen LogP contribution in [0, 0.1) is 0 Å². The normalized spacial score (nSPS) is 16.4. The van der Waals surface area contributed by atoms with Gasteiger partial charge in [-0.15, -0.1) is 11.3 Å². The molecule has 1 aliphatic heterocycles. The van der Waals surface area contributed by atoms with E-state index >= 15 is 0 Å². The van der Waals surface area contributed by atoms with E-state index in [0.717, 1.165) is 9.35 Å². The number of hydrogen-bond donors (Lipinski definition) is 2. The lowest BCUT2D eigenvalue weighted by molar-refractivity contribution is -0.145. The molecule has 2 heterocycles. The summed E-state index contributed by atoms with van der Waals surface area (Å²) >= 11 is 4.89. The summed E-state index contributed by atoms with van der Waals surface area (Å²) in [7, 11) is 0. The summed E-state index contributed by atoms with van der Waals surface area (Å²) in [6.45, 7) is 3.53. The summed E-state index contributed by atoms with van der Waals surface area (Å²) < 4.78 is 11.7. The molecule has 1 aromatic carbocycles. The lowest BCUT2D eigenvalue weighted by Gasteiger charge is -2.25. The topological polar surface area (TPSA) is 93.7 Å². The predicted octanol–water partition coefficient (Wildman–Crippen LogP) is 3.13. The fourth-order valence-electron chi connectivity index (χ4n) is 2.77. The maximum Gasteiger partial charge on any atom is 0.328 e. The first-order chi connectivity index (χ1) is 13.4. The molecule has 0 saturated carbocycles. The molecule has 0 bridgehead atoms. The molecule has 2 N–H and O–H groups in total. The van der Waals surface area contributed by atoms with E-state index < -0.39 is 24.0 Å². The number of esters is 1. The Morgan fingerprint density at radius 1 is 1.43 bits per heavy atom. The molecule has 0 fully saturated rings. The van der Waals surface area contributed by atoms with Crippen molar-refractivity contribution in [3.63, 3.8) is 0 Å². The third-order valence-electron chi connectivity index (χ3n) is 4.12. The number of nitrogens with one attached hydrogen (secondary N) is 2. The highest BCUT2D eigenvalue weighted by Crippen LogP contribution is 2.33. The number of amides is 2. The van der Waals surface area contributed by atoms with E-state index in [9.17, 15) is 14.4 Å². The lowest BCUT2D eigenvalue weighted by Crippen LogP contribution is -2.44. The monoisotopic (exact) mass is 466 g/mol. The van der Waals surface area contributed by atoms with Crippen molar-refractivity contribution in [3.8, 4) is 5.75 Å². The van der Waals surface area contributed by atoms with E-state index in [0.29, 0.717) is 12.1 Å². The standard InChI is InChI=1S/C19H19BrN2O5S/c1-3-26-19(25)14(7-11-8-15(20)28-9-11)22-18(24)12-5-4-6-13-16(12)27-10(2)17(23)21-13/h4-6,8-10,14H,3,7H2,1-2H3,(H,21,23)(H,22,24). The molecule has 2 atom stereocenters. The van der Waals surface area contributed by atoms with Crippen molar-refractivity contribution < 1.29 is 23.9 Å². The van der Waals surface area contributed by atoms with Crippen molar-refractivity contribution in [2.75, 3.05) is 11.9 Å². The average Bonchev–Trinajstić information content (AvgIpc) is 3.06. The van der Waals surface area contributed by atoms with Crippen LogP contribution in [0.4, 0.5) is 5.69 Å². The third kappa shape index (κ3) is 4.53. The molecule has 0 aliphatic carbocycles. The summed E-state index contributed by atoms with van der Waals surface area (Å²) in [6, 6.07) is 5.93. The van der Waals surface area contributed by atoms with Gasteiger partial charge in [-0.25, -0.2) is 4.79 Å². The molecule has 2 unspecified atom stereocenters. The van der Waals surface area contributed by atoms with Gasteiger partial charge >= 0.3 is 5.97 Å². The fourth-order valence-corrected chi connectivity index (χ4v) is 3.99. The van der Waals surface area contributed by atoms with Gasteiger partial charge in [-0.1, -0.05) is 6.07 Å². The van der Waals surface area contributed by atoms with E-state index in [-0.39, 0.29) is 23.8 Å². The number of halogens is 1. The molecule has 1 aromatic heterocycles. The van der Waals surface area contributed by atoms with Gasteiger partial charge in [0.2, 0.25) is 0 Å². The molecule has 2 amide bonds. The molecule has 2 aromatic rings. The minimum atomic E-state index is -0.847. The van der Waals surface area contributed by atoms with E-state index in [1.54, 1.807) is 32.0 Å². The van der Waals surface area contributed by atoms with Crippen LogP contribution in [0.15, 0.2) is 33.4 Å². The van der Waals surface area contributed by atoms with Gasteiger partial charge in [0.1, 0.15) is 6.04 Å². The van der Waals surface area contributed by atoms with Crippen LogP contribution >= 0.6 is 27.3 Å². The Hall–Kier alpha value is -2.39. The number of benzene rings is 1.